The molecule has 0 saturated heterocycles. The molecule has 162 valence electrons. The van der Waals surface area contributed by atoms with Gasteiger partial charge in [0.1, 0.15) is 17.0 Å². The molecule has 5 nitrogen and oxygen atoms in total. The summed E-state index contributed by atoms with van der Waals surface area (Å²) in [6.45, 7) is 0.340. The Labute approximate surface area is 199 Å². The number of hydrogen-bond acceptors (Lipinski definition) is 5. The lowest BCUT2D eigenvalue weighted by Crippen LogP contribution is -2.30. The molecule has 2 aromatic heterocycles. The highest BCUT2D eigenvalue weighted by Gasteiger charge is 2.22. The molecule has 0 bridgehead atoms. The van der Waals surface area contributed by atoms with Gasteiger partial charge in [-0.05, 0) is 60.2 Å². The van der Waals surface area contributed by atoms with Crippen LogP contribution in [0.2, 0.25) is 5.02 Å². The van der Waals surface area contributed by atoms with Crippen molar-refractivity contribution in [2.45, 2.75) is 6.54 Å². The zero-order valence-corrected chi connectivity index (χ0v) is 19.0. The molecule has 0 radical (unpaired) electrons. The van der Waals surface area contributed by atoms with Gasteiger partial charge in [-0.15, -0.1) is 0 Å². The van der Waals surface area contributed by atoms with Gasteiger partial charge in [0.15, 0.2) is 5.13 Å². The number of nitrogens with zero attached hydrogens (tertiary/aromatic N) is 3. The maximum atomic E-state index is 13.6. The van der Waals surface area contributed by atoms with E-state index in [2.05, 4.69) is 9.97 Å². The third kappa shape index (κ3) is 4.72. The molecule has 3 aromatic carbocycles. The van der Waals surface area contributed by atoms with Crippen molar-refractivity contribution < 1.29 is 9.53 Å². The summed E-state index contributed by atoms with van der Waals surface area (Å²) in [5, 5.41) is 1.14. The number of carbonyl (C=O) groups is 1. The first-order chi connectivity index (χ1) is 16.2. The van der Waals surface area contributed by atoms with Crippen molar-refractivity contribution >= 4 is 44.2 Å². The van der Waals surface area contributed by atoms with Gasteiger partial charge < -0.3 is 4.74 Å². The lowest BCUT2D eigenvalue weighted by molar-refractivity contribution is 0.0985. The Morgan fingerprint density at radius 1 is 0.909 bits per heavy atom. The maximum absolute atomic E-state index is 13.6. The number of ether oxygens (including phenoxy) is 1. The van der Waals surface area contributed by atoms with E-state index in [1.54, 1.807) is 47.6 Å². The summed E-state index contributed by atoms with van der Waals surface area (Å²) < 4.78 is 6.77. The highest BCUT2D eigenvalue weighted by atomic mass is 35.5. The number of fused-ring (bicyclic) bond motifs is 1. The number of amides is 1. The minimum Gasteiger partial charge on any atom is -0.457 e. The predicted octanol–water partition coefficient (Wildman–Crippen LogP) is 6.98. The molecule has 0 aliphatic rings. The van der Waals surface area contributed by atoms with Gasteiger partial charge in [0, 0.05) is 18.0 Å². The normalized spacial score (nSPS) is 10.8. The fourth-order valence-electron chi connectivity index (χ4n) is 3.37. The third-order valence-corrected chi connectivity index (χ3v) is 6.33. The number of benzene rings is 3. The summed E-state index contributed by atoms with van der Waals surface area (Å²) >= 11 is 7.76. The first kappa shape index (κ1) is 21.1. The summed E-state index contributed by atoms with van der Waals surface area (Å²) in [5.74, 6) is 1.23. The van der Waals surface area contributed by atoms with Crippen LogP contribution < -0.4 is 9.64 Å². The van der Waals surface area contributed by atoms with Gasteiger partial charge in [-0.1, -0.05) is 53.3 Å². The molecule has 0 fully saturated rings. The minimum atomic E-state index is -0.166. The Bertz CT molecular complexity index is 1390. The SMILES string of the molecule is O=C(c1ccc(Oc2ccccc2)cc1)N(Cc1cccnc1)c1nc2c(Cl)cccc2s1. The van der Waals surface area contributed by atoms with Gasteiger partial charge in [-0.3, -0.25) is 14.7 Å². The molecule has 0 aliphatic carbocycles. The standard InChI is InChI=1S/C26H18ClN3O2S/c27-22-9-4-10-23-24(22)29-26(33-23)30(17-18-6-5-15-28-16-18)25(31)19-11-13-21(14-12-19)32-20-7-2-1-3-8-20/h1-16H,17H2. The zero-order chi connectivity index (χ0) is 22.6. The summed E-state index contributed by atoms with van der Waals surface area (Å²) in [4.78, 5) is 24.1. The van der Waals surface area contributed by atoms with E-state index >= 15 is 0 Å². The molecule has 7 heteroatoms. The Balaban J connectivity index is 1.46. The zero-order valence-electron chi connectivity index (χ0n) is 17.4. The highest BCUT2D eigenvalue weighted by Crippen LogP contribution is 2.34. The molecule has 1 amide bonds. The Kier molecular flexibility index (Phi) is 6.02. The van der Waals surface area contributed by atoms with Gasteiger partial charge in [0.25, 0.3) is 5.91 Å². The molecule has 0 aliphatic heterocycles. The van der Waals surface area contributed by atoms with Crippen LogP contribution in [0.25, 0.3) is 10.2 Å². The van der Waals surface area contributed by atoms with E-state index in [-0.39, 0.29) is 5.91 Å². The van der Waals surface area contributed by atoms with E-state index in [4.69, 9.17) is 16.3 Å². The molecule has 5 rings (SSSR count). The minimum absolute atomic E-state index is 0.166. The van der Waals surface area contributed by atoms with Crippen molar-refractivity contribution in [3.05, 3.63) is 113 Å². The molecule has 33 heavy (non-hydrogen) atoms. The maximum Gasteiger partial charge on any atom is 0.260 e. The highest BCUT2D eigenvalue weighted by molar-refractivity contribution is 7.22. The number of carbonyl (C=O) groups excluding carboxylic acids is 1. The van der Waals surface area contributed by atoms with Crippen LogP contribution in [0.15, 0.2) is 97.3 Å². The van der Waals surface area contributed by atoms with E-state index in [1.807, 2.05) is 54.6 Å². The lowest BCUT2D eigenvalue weighted by Gasteiger charge is -2.20. The molecule has 0 saturated carbocycles. The Hall–Kier alpha value is -3.74. The molecule has 2 heterocycles. The average molecular weight is 472 g/mol. The molecule has 0 N–H and O–H groups in total. The van der Waals surface area contributed by atoms with Crippen LogP contribution in [0.5, 0.6) is 11.5 Å². The number of halogens is 1. The first-order valence-corrected chi connectivity index (χ1v) is 11.5. The first-order valence-electron chi connectivity index (χ1n) is 10.3. The van der Waals surface area contributed by atoms with Gasteiger partial charge in [0.05, 0.1) is 16.3 Å². The van der Waals surface area contributed by atoms with Crippen LogP contribution >= 0.6 is 22.9 Å². The van der Waals surface area contributed by atoms with Gasteiger partial charge in [0.2, 0.25) is 0 Å². The number of anilines is 1. The monoisotopic (exact) mass is 471 g/mol. The second-order valence-corrected chi connectivity index (χ2v) is 8.69. The number of aromatic nitrogens is 2. The van der Waals surface area contributed by atoms with Gasteiger partial charge in [-0.2, -0.15) is 0 Å². The number of rotatable bonds is 6. The van der Waals surface area contributed by atoms with Crippen molar-refractivity contribution in [2.75, 3.05) is 4.90 Å². The van der Waals surface area contributed by atoms with Gasteiger partial charge >= 0.3 is 0 Å². The van der Waals surface area contributed by atoms with Crippen LogP contribution in [0, 0.1) is 0 Å². The lowest BCUT2D eigenvalue weighted by atomic mass is 10.1. The third-order valence-electron chi connectivity index (χ3n) is 4.98. The van der Waals surface area contributed by atoms with E-state index < -0.39 is 0 Å². The van der Waals surface area contributed by atoms with Crippen LogP contribution in [0.4, 0.5) is 5.13 Å². The van der Waals surface area contributed by atoms with E-state index in [0.29, 0.717) is 33.5 Å². The van der Waals surface area contributed by atoms with Crippen molar-refractivity contribution in [3.8, 4) is 11.5 Å². The summed E-state index contributed by atoms with van der Waals surface area (Å²) in [5.41, 5.74) is 2.12. The van der Waals surface area contributed by atoms with E-state index in [9.17, 15) is 4.79 Å². The van der Waals surface area contributed by atoms with Crippen molar-refractivity contribution in [1.82, 2.24) is 9.97 Å². The average Bonchev–Trinajstić information content (AvgIpc) is 3.29. The Morgan fingerprint density at radius 2 is 1.70 bits per heavy atom. The number of pyridine rings is 1. The van der Waals surface area contributed by atoms with Crippen molar-refractivity contribution in [2.24, 2.45) is 0 Å². The van der Waals surface area contributed by atoms with Crippen LogP contribution in [-0.2, 0) is 6.54 Å². The fraction of sp³-hybridized carbons (Fsp3) is 0.0385. The van der Waals surface area contributed by atoms with Crippen LogP contribution in [-0.4, -0.2) is 15.9 Å². The summed E-state index contributed by atoms with van der Waals surface area (Å²) in [6, 6.07) is 26.0. The second kappa shape index (κ2) is 9.40. The van der Waals surface area contributed by atoms with Crippen LogP contribution in [0.1, 0.15) is 15.9 Å². The number of thiazole rings is 1. The number of para-hydroxylation sites is 2. The topological polar surface area (TPSA) is 55.3 Å². The molecular formula is C26H18ClN3O2S. The summed E-state index contributed by atoms with van der Waals surface area (Å²) in [7, 11) is 0. The van der Waals surface area contributed by atoms with E-state index in [0.717, 1.165) is 16.0 Å². The molecule has 0 spiro atoms. The number of hydrogen-bond donors (Lipinski definition) is 0. The van der Waals surface area contributed by atoms with Crippen molar-refractivity contribution in [3.63, 3.8) is 0 Å². The molecule has 5 aromatic rings. The fourth-order valence-corrected chi connectivity index (χ4v) is 4.63. The van der Waals surface area contributed by atoms with Gasteiger partial charge in [-0.25, -0.2) is 4.98 Å². The van der Waals surface area contributed by atoms with Crippen molar-refractivity contribution in [1.29, 1.82) is 0 Å². The second-order valence-electron chi connectivity index (χ2n) is 7.28. The smallest absolute Gasteiger partial charge is 0.260 e. The molecular weight excluding hydrogens is 454 g/mol. The van der Waals surface area contributed by atoms with E-state index in [1.165, 1.54) is 11.3 Å². The molecule has 0 atom stereocenters. The predicted molar refractivity (Wildman–Crippen MR) is 132 cm³/mol. The summed E-state index contributed by atoms with van der Waals surface area (Å²) in [6.07, 6.45) is 3.45. The van der Waals surface area contributed by atoms with Crippen LogP contribution in [0.3, 0.4) is 0 Å². The molecule has 0 unspecified atom stereocenters. The largest absolute Gasteiger partial charge is 0.457 e. The Morgan fingerprint density at radius 3 is 2.42 bits per heavy atom. The quantitative estimate of drug-likeness (QED) is 0.268.